The summed E-state index contributed by atoms with van der Waals surface area (Å²) < 4.78 is 10.7. The summed E-state index contributed by atoms with van der Waals surface area (Å²) in [4.78, 5) is 10.9. The van der Waals surface area contributed by atoms with E-state index in [-0.39, 0.29) is 5.75 Å². The van der Waals surface area contributed by atoms with Crippen LogP contribution in [0.1, 0.15) is 24.0 Å². The van der Waals surface area contributed by atoms with Crippen LogP contribution in [-0.2, 0) is 4.79 Å². The van der Waals surface area contributed by atoms with Crippen molar-refractivity contribution in [2.24, 2.45) is 0 Å². The second-order valence-corrected chi connectivity index (χ2v) is 5.51. The Morgan fingerprint density at radius 1 is 1.29 bits per heavy atom. The summed E-state index contributed by atoms with van der Waals surface area (Å²) in [5, 5.41) is 10.4. The van der Waals surface area contributed by atoms with Gasteiger partial charge in [0.05, 0.1) is 7.11 Å². The first-order chi connectivity index (χ1) is 11.5. The summed E-state index contributed by atoms with van der Waals surface area (Å²) >= 11 is 0. The molecule has 124 valence electrons. The van der Waals surface area contributed by atoms with Crippen LogP contribution in [0.2, 0.25) is 0 Å². The van der Waals surface area contributed by atoms with Gasteiger partial charge in [0.2, 0.25) is 0 Å². The fourth-order valence-electron chi connectivity index (χ4n) is 2.35. The highest BCUT2D eigenvalue weighted by Crippen LogP contribution is 2.35. The molecule has 0 aliphatic rings. The zero-order valence-electron chi connectivity index (χ0n) is 13.8. The molecule has 0 heterocycles. The normalized spacial score (nSPS) is 11.2. The Kier molecular flexibility index (Phi) is 5.83. The van der Waals surface area contributed by atoms with E-state index >= 15 is 0 Å². The van der Waals surface area contributed by atoms with Gasteiger partial charge in [-0.1, -0.05) is 24.8 Å². The number of allylic oxidation sites excluding steroid dienone is 1. The molecular weight excluding hydrogens is 304 g/mol. The molecule has 4 nitrogen and oxygen atoms in total. The van der Waals surface area contributed by atoms with E-state index in [0.29, 0.717) is 23.7 Å². The van der Waals surface area contributed by atoms with Gasteiger partial charge >= 0.3 is 0 Å². The van der Waals surface area contributed by atoms with E-state index in [0.717, 1.165) is 11.1 Å². The molecule has 2 aromatic rings. The Balaban J connectivity index is 2.37. The highest BCUT2D eigenvalue weighted by Gasteiger charge is 2.17. The summed E-state index contributed by atoms with van der Waals surface area (Å²) in [5.74, 6) is 2.66. The lowest BCUT2D eigenvalue weighted by molar-refractivity contribution is 0.349. The Bertz CT molecular complexity index is 773. The number of hydrogen-bond acceptors (Lipinski definition) is 4. The van der Waals surface area contributed by atoms with Gasteiger partial charge in [-0.05, 0) is 36.3 Å². The fourth-order valence-corrected chi connectivity index (χ4v) is 2.35. The summed E-state index contributed by atoms with van der Waals surface area (Å²) in [6, 6.07) is 12.4. The van der Waals surface area contributed by atoms with Crippen LogP contribution >= 0.6 is 0 Å². The largest absolute Gasteiger partial charge is 0.507 e. The van der Waals surface area contributed by atoms with Crippen molar-refractivity contribution in [2.75, 3.05) is 13.7 Å². The average Bonchev–Trinajstić information content (AvgIpc) is 2.58. The third-order valence-corrected chi connectivity index (χ3v) is 3.51. The van der Waals surface area contributed by atoms with E-state index in [1.165, 1.54) is 12.1 Å². The van der Waals surface area contributed by atoms with Crippen molar-refractivity contribution >= 4 is 5.94 Å². The Labute approximate surface area is 141 Å². The quantitative estimate of drug-likeness (QED) is 0.620. The van der Waals surface area contributed by atoms with Gasteiger partial charge in [-0.3, -0.25) is 0 Å². The molecule has 0 amide bonds. The maximum atomic E-state index is 10.9. The van der Waals surface area contributed by atoms with Crippen molar-refractivity contribution < 1.29 is 19.4 Å². The number of aromatic hydroxyl groups is 1. The van der Waals surface area contributed by atoms with E-state index < -0.39 is 5.92 Å². The molecule has 0 aliphatic heterocycles. The Morgan fingerprint density at radius 3 is 2.71 bits per heavy atom. The number of ether oxygens (including phenoxy) is 2. The number of hydrogen-bond donors (Lipinski definition) is 1. The number of methoxy groups -OCH3 is 1. The lowest BCUT2D eigenvalue weighted by Crippen LogP contribution is -2.01. The van der Waals surface area contributed by atoms with Crippen LogP contribution in [0.3, 0.4) is 0 Å². The molecule has 0 aliphatic carbocycles. The molecule has 0 radical (unpaired) electrons. The van der Waals surface area contributed by atoms with Crippen molar-refractivity contribution in [3.63, 3.8) is 0 Å². The lowest BCUT2D eigenvalue weighted by atomic mass is 9.90. The summed E-state index contributed by atoms with van der Waals surface area (Å²) in [7, 11) is 1.58. The molecule has 0 saturated carbocycles. The van der Waals surface area contributed by atoms with Gasteiger partial charge in [-0.25, -0.2) is 4.79 Å². The topological polar surface area (TPSA) is 55.8 Å². The van der Waals surface area contributed by atoms with Gasteiger partial charge < -0.3 is 14.6 Å². The highest BCUT2D eigenvalue weighted by molar-refractivity contribution is 5.56. The molecule has 2 aromatic carbocycles. The van der Waals surface area contributed by atoms with Crippen molar-refractivity contribution in [3.8, 4) is 17.2 Å². The zero-order chi connectivity index (χ0) is 17.5. The van der Waals surface area contributed by atoms with Crippen LogP contribution < -0.4 is 9.47 Å². The molecule has 0 aromatic heterocycles. The number of benzene rings is 2. The summed E-state index contributed by atoms with van der Waals surface area (Å²) in [6.45, 7) is 6.02. The predicted molar refractivity (Wildman–Crippen MR) is 93.5 cm³/mol. The monoisotopic (exact) mass is 324 g/mol. The van der Waals surface area contributed by atoms with Crippen molar-refractivity contribution in [1.82, 2.24) is 0 Å². The number of carbonyl (C=O) groups excluding carboxylic acids is 1. The minimum atomic E-state index is -0.423. The zero-order valence-corrected chi connectivity index (χ0v) is 13.8. The first-order valence-corrected chi connectivity index (χ1v) is 7.50. The SMILES string of the molecule is C=C(C)COc1ccc(C(C=C=O)c2cccc(OC)c2)c(O)c1. The van der Waals surface area contributed by atoms with Crippen LogP contribution in [0.15, 0.2) is 60.7 Å². The molecule has 1 atom stereocenters. The lowest BCUT2D eigenvalue weighted by Gasteiger charge is -2.16. The molecule has 4 heteroatoms. The average molecular weight is 324 g/mol. The Morgan fingerprint density at radius 2 is 2.08 bits per heavy atom. The van der Waals surface area contributed by atoms with Gasteiger partial charge in [0.15, 0.2) is 0 Å². The molecule has 1 unspecified atom stereocenters. The summed E-state index contributed by atoms with van der Waals surface area (Å²) in [5.41, 5.74) is 2.30. The number of rotatable bonds is 7. The van der Waals surface area contributed by atoms with Crippen LogP contribution in [0.4, 0.5) is 0 Å². The molecular formula is C20H20O4. The van der Waals surface area contributed by atoms with Gasteiger partial charge in [0.25, 0.3) is 0 Å². The van der Waals surface area contributed by atoms with E-state index in [2.05, 4.69) is 6.58 Å². The van der Waals surface area contributed by atoms with Gasteiger partial charge in [0.1, 0.15) is 29.8 Å². The third kappa shape index (κ3) is 4.28. The standard InChI is InChI=1S/C20H20O4/c1-14(2)13-24-17-7-8-19(20(22)12-17)18(9-10-21)15-5-4-6-16(11-15)23-3/h4-9,11-12,18,22H,1,13H2,2-3H3. The van der Waals surface area contributed by atoms with E-state index in [1.54, 1.807) is 19.2 Å². The number of phenols is 1. The van der Waals surface area contributed by atoms with Crippen molar-refractivity contribution in [1.29, 1.82) is 0 Å². The molecule has 0 saturated heterocycles. The van der Waals surface area contributed by atoms with Crippen LogP contribution in [0.5, 0.6) is 17.2 Å². The summed E-state index contributed by atoms with van der Waals surface area (Å²) in [6.07, 6.45) is 1.37. The minimum absolute atomic E-state index is 0.0496. The number of phenolic OH excluding ortho intramolecular Hbond substituents is 1. The van der Waals surface area contributed by atoms with E-state index in [9.17, 15) is 9.90 Å². The molecule has 1 N–H and O–H groups in total. The maximum Gasteiger partial charge on any atom is 0.123 e. The molecule has 0 bridgehead atoms. The third-order valence-electron chi connectivity index (χ3n) is 3.51. The second kappa shape index (κ2) is 8.04. The van der Waals surface area contributed by atoms with Gasteiger partial charge in [-0.15, -0.1) is 0 Å². The highest BCUT2D eigenvalue weighted by atomic mass is 16.5. The van der Waals surface area contributed by atoms with Crippen LogP contribution in [-0.4, -0.2) is 24.8 Å². The van der Waals surface area contributed by atoms with Gasteiger partial charge in [0, 0.05) is 23.6 Å². The first kappa shape index (κ1) is 17.4. The fraction of sp³-hybridized carbons (Fsp3) is 0.200. The van der Waals surface area contributed by atoms with Gasteiger partial charge in [-0.2, -0.15) is 0 Å². The molecule has 24 heavy (non-hydrogen) atoms. The molecule has 0 spiro atoms. The second-order valence-electron chi connectivity index (χ2n) is 5.51. The van der Waals surface area contributed by atoms with Crippen molar-refractivity contribution in [2.45, 2.75) is 12.8 Å². The van der Waals surface area contributed by atoms with E-state index in [1.807, 2.05) is 37.1 Å². The van der Waals surface area contributed by atoms with Crippen LogP contribution in [0, 0.1) is 0 Å². The van der Waals surface area contributed by atoms with Crippen LogP contribution in [0.25, 0.3) is 0 Å². The first-order valence-electron chi connectivity index (χ1n) is 7.50. The van der Waals surface area contributed by atoms with Crippen molar-refractivity contribution in [3.05, 3.63) is 71.8 Å². The molecule has 0 fully saturated rings. The Hall–Kier alpha value is -2.97. The maximum absolute atomic E-state index is 10.9. The molecule has 2 rings (SSSR count). The van der Waals surface area contributed by atoms with E-state index in [4.69, 9.17) is 9.47 Å². The minimum Gasteiger partial charge on any atom is -0.507 e. The smallest absolute Gasteiger partial charge is 0.123 e. The predicted octanol–water partition coefficient (Wildman–Crippen LogP) is 3.88.